The largest absolute Gasteiger partial charge is 0.451 e. The standard InChI is InChI=1S/C18H25N5O2/c1-11-7-12(2)23-9-19-16(17(23)21-11)18(24)22-14-5-3-13(4-6-14)15-8-25-10-20-15/h7-8,10-11,13-14,19,21H,3-6,9H2,1-2H3,(H,22,24). The molecule has 1 aromatic rings. The summed E-state index contributed by atoms with van der Waals surface area (Å²) in [5.74, 6) is 1.32. The average molecular weight is 343 g/mol. The van der Waals surface area contributed by atoms with E-state index in [1.54, 1.807) is 6.26 Å². The quantitative estimate of drug-likeness (QED) is 0.776. The Labute approximate surface area is 147 Å². The van der Waals surface area contributed by atoms with Crippen LogP contribution < -0.4 is 16.0 Å². The van der Waals surface area contributed by atoms with E-state index in [-0.39, 0.29) is 18.0 Å². The lowest BCUT2D eigenvalue weighted by atomic mass is 9.84. The summed E-state index contributed by atoms with van der Waals surface area (Å²) in [6.45, 7) is 4.80. The molecule has 0 radical (unpaired) electrons. The van der Waals surface area contributed by atoms with Crippen LogP contribution in [-0.2, 0) is 4.79 Å². The number of amides is 1. The lowest BCUT2D eigenvalue weighted by Crippen LogP contribution is -2.41. The predicted octanol–water partition coefficient (Wildman–Crippen LogP) is 1.74. The van der Waals surface area contributed by atoms with Gasteiger partial charge in [-0.1, -0.05) is 0 Å². The van der Waals surface area contributed by atoms with Gasteiger partial charge in [-0.05, 0) is 45.6 Å². The third-order valence-corrected chi connectivity index (χ3v) is 5.36. The zero-order valence-electron chi connectivity index (χ0n) is 14.7. The zero-order valence-corrected chi connectivity index (χ0v) is 14.7. The second-order valence-corrected chi connectivity index (χ2v) is 7.16. The van der Waals surface area contributed by atoms with Crippen LogP contribution in [0.4, 0.5) is 0 Å². The first-order valence-electron chi connectivity index (χ1n) is 9.01. The van der Waals surface area contributed by atoms with E-state index in [2.05, 4.69) is 45.8 Å². The summed E-state index contributed by atoms with van der Waals surface area (Å²) in [5.41, 5.74) is 2.85. The van der Waals surface area contributed by atoms with E-state index in [1.807, 2.05) is 0 Å². The third-order valence-electron chi connectivity index (χ3n) is 5.36. The van der Waals surface area contributed by atoms with Crippen molar-refractivity contribution >= 4 is 5.91 Å². The molecule has 7 nitrogen and oxygen atoms in total. The van der Waals surface area contributed by atoms with Gasteiger partial charge in [0, 0.05) is 23.7 Å². The number of nitrogens with zero attached hydrogens (tertiary/aromatic N) is 2. The fourth-order valence-electron chi connectivity index (χ4n) is 4.02. The van der Waals surface area contributed by atoms with Crippen molar-refractivity contribution in [2.24, 2.45) is 0 Å². The summed E-state index contributed by atoms with van der Waals surface area (Å²) >= 11 is 0. The second kappa shape index (κ2) is 6.46. The Morgan fingerprint density at radius 3 is 2.88 bits per heavy atom. The molecule has 1 aliphatic carbocycles. The Morgan fingerprint density at radius 1 is 1.36 bits per heavy atom. The smallest absolute Gasteiger partial charge is 0.271 e. The molecule has 1 saturated carbocycles. The Balaban J connectivity index is 1.38. The van der Waals surface area contributed by atoms with Crippen molar-refractivity contribution in [3.8, 4) is 0 Å². The molecule has 134 valence electrons. The number of rotatable bonds is 3. The molecule has 3 heterocycles. The molecule has 1 unspecified atom stereocenters. The Morgan fingerprint density at radius 2 is 2.16 bits per heavy atom. The van der Waals surface area contributed by atoms with Crippen molar-refractivity contribution in [3.05, 3.63) is 41.6 Å². The number of nitrogens with one attached hydrogen (secondary N) is 3. The molecule has 1 atom stereocenters. The molecule has 0 spiro atoms. The number of fused-ring (bicyclic) bond motifs is 1. The fraction of sp³-hybridized carbons (Fsp3) is 0.556. The minimum atomic E-state index is -0.0169. The van der Waals surface area contributed by atoms with Gasteiger partial charge in [0.15, 0.2) is 6.39 Å². The summed E-state index contributed by atoms with van der Waals surface area (Å²) < 4.78 is 5.08. The summed E-state index contributed by atoms with van der Waals surface area (Å²) in [5, 5.41) is 9.83. The van der Waals surface area contributed by atoms with Crippen molar-refractivity contribution in [3.63, 3.8) is 0 Å². The number of hydrogen-bond donors (Lipinski definition) is 3. The van der Waals surface area contributed by atoms with Crippen molar-refractivity contribution < 1.29 is 9.21 Å². The zero-order chi connectivity index (χ0) is 17.4. The molecule has 0 bridgehead atoms. The number of aromatic nitrogens is 1. The molecule has 3 aliphatic rings. The maximum atomic E-state index is 12.7. The highest BCUT2D eigenvalue weighted by atomic mass is 16.3. The number of carbonyl (C=O) groups excluding carboxylic acids is 1. The first kappa shape index (κ1) is 16.1. The molecule has 7 heteroatoms. The first-order chi connectivity index (χ1) is 12.1. The Hall–Kier alpha value is -2.44. The van der Waals surface area contributed by atoms with Gasteiger partial charge in [0.05, 0.1) is 12.4 Å². The van der Waals surface area contributed by atoms with E-state index in [0.29, 0.717) is 18.3 Å². The van der Waals surface area contributed by atoms with Gasteiger partial charge in [0.1, 0.15) is 17.8 Å². The van der Waals surface area contributed by atoms with Crippen LogP contribution in [0.15, 0.2) is 40.4 Å². The van der Waals surface area contributed by atoms with Crippen molar-refractivity contribution in [2.45, 2.75) is 57.5 Å². The van der Waals surface area contributed by atoms with Crippen LogP contribution in [0.3, 0.4) is 0 Å². The molecule has 0 saturated heterocycles. The van der Waals surface area contributed by atoms with E-state index < -0.39 is 0 Å². The van der Waals surface area contributed by atoms with Gasteiger partial charge in [0.25, 0.3) is 5.91 Å². The van der Waals surface area contributed by atoms with Crippen LogP contribution in [0.1, 0.15) is 51.1 Å². The summed E-state index contributed by atoms with van der Waals surface area (Å²) in [4.78, 5) is 19.1. The molecular formula is C18H25N5O2. The van der Waals surface area contributed by atoms with E-state index in [1.165, 1.54) is 12.1 Å². The van der Waals surface area contributed by atoms with Gasteiger partial charge >= 0.3 is 0 Å². The van der Waals surface area contributed by atoms with Gasteiger partial charge in [-0.15, -0.1) is 0 Å². The number of allylic oxidation sites excluding steroid dienone is 1. The molecule has 1 fully saturated rings. The van der Waals surface area contributed by atoms with Gasteiger partial charge in [0.2, 0.25) is 0 Å². The van der Waals surface area contributed by atoms with Crippen LogP contribution in [0.2, 0.25) is 0 Å². The van der Waals surface area contributed by atoms with Gasteiger partial charge in [-0.3, -0.25) is 4.79 Å². The van der Waals surface area contributed by atoms with Crippen LogP contribution in [0.5, 0.6) is 0 Å². The van der Waals surface area contributed by atoms with Gasteiger partial charge < -0.3 is 25.3 Å². The minimum absolute atomic E-state index is 0.0169. The SMILES string of the molecule is CC1=CC(C)NC2=C(C(=O)NC3CCC(c4cocn4)CC3)NCN12. The van der Waals surface area contributed by atoms with Crippen molar-refractivity contribution in [2.75, 3.05) is 6.67 Å². The molecule has 1 amide bonds. The van der Waals surface area contributed by atoms with E-state index >= 15 is 0 Å². The first-order valence-corrected chi connectivity index (χ1v) is 9.01. The lowest BCUT2D eigenvalue weighted by Gasteiger charge is -2.31. The fourth-order valence-corrected chi connectivity index (χ4v) is 4.02. The van der Waals surface area contributed by atoms with Crippen LogP contribution in [-0.4, -0.2) is 34.5 Å². The van der Waals surface area contributed by atoms with Crippen LogP contribution >= 0.6 is 0 Å². The Bertz CT molecular complexity index is 701. The normalized spacial score (nSPS) is 28.8. The van der Waals surface area contributed by atoms with Crippen LogP contribution in [0, 0.1) is 0 Å². The van der Waals surface area contributed by atoms with Crippen molar-refractivity contribution in [1.82, 2.24) is 25.8 Å². The second-order valence-electron chi connectivity index (χ2n) is 7.16. The molecule has 25 heavy (non-hydrogen) atoms. The molecule has 0 aromatic carbocycles. The summed E-state index contributed by atoms with van der Waals surface area (Å²) in [6, 6.07) is 0.448. The minimum Gasteiger partial charge on any atom is -0.451 e. The molecule has 2 aliphatic heterocycles. The number of hydrogen-bond acceptors (Lipinski definition) is 6. The summed E-state index contributed by atoms with van der Waals surface area (Å²) in [7, 11) is 0. The molecule has 1 aromatic heterocycles. The van der Waals surface area contributed by atoms with Crippen molar-refractivity contribution in [1.29, 1.82) is 0 Å². The number of carbonyl (C=O) groups is 1. The highest BCUT2D eigenvalue weighted by Crippen LogP contribution is 2.32. The average Bonchev–Trinajstić information content (AvgIpc) is 3.25. The topological polar surface area (TPSA) is 82.4 Å². The van der Waals surface area contributed by atoms with Gasteiger partial charge in [-0.25, -0.2) is 4.98 Å². The van der Waals surface area contributed by atoms with E-state index in [0.717, 1.165) is 37.2 Å². The predicted molar refractivity (Wildman–Crippen MR) is 92.9 cm³/mol. The van der Waals surface area contributed by atoms with E-state index in [9.17, 15) is 4.79 Å². The molecule has 4 rings (SSSR count). The third kappa shape index (κ3) is 3.10. The monoisotopic (exact) mass is 343 g/mol. The number of oxazole rings is 1. The molecule has 3 N–H and O–H groups in total. The maximum absolute atomic E-state index is 12.7. The van der Waals surface area contributed by atoms with E-state index in [4.69, 9.17) is 4.42 Å². The highest BCUT2D eigenvalue weighted by molar-refractivity contribution is 5.94. The maximum Gasteiger partial charge on any atom is 0.271 e. The Kier molecular flexibility index (Phi) is 4.15. The lowest BCUT2D eigenvalue weighted by molar-refractivity contribution is -0.118. The van der Waals surface area contributed by atoms with Crippen LogP contribution in [0.25, 0.3) is 0 Å². The summed E-state index contributed by atoms with van der Waals surface area (Å²) in [6.07, 6.45) is 9.39. The highest BCUT2D eigenvalue weighted by Gasteiger charge is 2.32. The van der Waals surface area contributed by atoms with Gasteiger partial charge in [-0.2, -0.15) is 0 Å². The molecular weight excluding hydrogens is 318 g/mol.